The van der Waals surface area contributed by atoms with E-state index in [1.807, 2.05) is 0 Å². The molecule has 132 valence electrons. The lowest BCUT2D eigenvalue weighted by atomic mass is 9.89. The zero-order valence-corrected chi connectivity index (χ0v) is 15.5. The number of hydrogen-bond acceptors (Lipinski definition) is 0. The van der Waals surface area contributed by atoms with E-state index < -0.39 is 0 Å². The van der Waals surface area contributed by atoms with Crippen molar-refractivity contribution in [1.82, 2.24) is 0 Å². The third-order valence-corrected chi connectivity index (χ3v) is 5.31. The van der Waals surface area contributed by atoms with Crippen molar-refractivity contribution in [2.24, 2.45) is 0 Å². The summed E-state index contributed by atoms with van der Waals surface area (Å²) >= 11 is 0. The van der Waals surface area contributed by atoms with E-state index in [1.54, 1.807) is 0 Å². The van der Waals surface area contributed by atoms with E-state index in [9.17, 15) is 0 Å². The van der Waals surface area contributed by atoms with Gasteiger partial charge in [-0.1, -0.05) is 121 Å². The number of hydrogen-bond donors (Lipinski definition) is 0. The van der Waals surface area contributed by atoms with Gasteiger partial charge in [-0.2, -0.15) is 0 Å². The molecule has 0 heterocycles. The zero-order valence-electron chi connectivity index (χ0n) is 15.5. The molecular weight excluding hydrogens is 336 g/mol. The Kier molecular flexibility index (Phi) is 4.23. The molecule has 0 aliphatic carbocycles. The lowest BCUT2D eigenvalue weighted by molar-refractivity contribution is 1.59. The fourth-order valence-electron chi connectivity index (χ4n) is 3.99. The minimum Gasteiger partial charge on any atom is -0.0622 e. The van der Waals surface area contributed by atoms with Gasteiger partial charge in [-0.05, 0) is 44.2 Å². The summed E-state index contributed by atoms with van der Waals surface area (Å²) in [6.07, 6.45) is 0. The molecule has 0 radical (unpaired) electrons. The summed E-state index contributed by atoms with van der Waals surface area (Å²) in [6, 6.07) is 43.2. The third kappa shape index (κ3) is 2.90. The molecule has 5 aromatic rings. The van der Waals surface area contributed by atoms with Crippen LogP contribution in [-0.2, 0) is 0 Å². The highest BCUT2D eigenvalue weighted by Crippen LogP contribution is 2.39. The molecule has 5 aromatic carbocycles. The number of benzene rings is 5. The molecule has 0 aliphatic rings. The van der Waals surface area contributed by atoms with Crippen molar-refractivity contribution < 1.29 is 0 Å². The van der Waals surface area contributed by atoms with Gasteiger partial charge >= 0.3 is 0 Å². The second-order valence-corrected chi connectivity index (χ2v) is 6.98. The van der Waals surface area contributed by atoms with Gasteiger partial charge in [0.1, 0.15) is 0 Å². The molecule has 0 amide bonds. The van der Waals surface area contributed by atoms with Gasteiger partial charge in [-0.15, -0.1) is 0 Å². The first kappa shape index (κ1) is 16.5. The normalized spacial score (nSPS) is 10.9. The molecular formula is C28H20. The van der Waals surface area contributed by atoms with Gasteiger partial charge in [0, 0.05) is 0 Å². The molecule has 0 saturated carbocycles. The average molecular weight is 356 g/mol. The van der Waals surface area contributed by atoms with Crippen LogP contribution < -0.4 is 0 Å². The summed E-state index contributed by atoms with van der Waals surface area (Å²) in [5.41, 5.74) is 7.58. The molecule has 0 bridgehead atoms. The molecule has 5 rings (SSSR count). The molecule has 0 aliphatic heterocycles. The van der Waals surface area contributed by atoms with Gasteiger partial charge in [-0.25, -0.2) is 0 Å². The van der Waals surface area contributed by atoms with Crippen LogP contribution in [0.4, 0.5) is 0 Å². The van der Waals surface area contributed by atoms with Gasteiger partial charge in [0.05, 0.1) is 0 Å². The van der Waals surface area contributed by atoms with Crippen LogP contribution in [0.5, 0.6) is 0 Å². The Morgan fingerprint density at radius 3 is 1.32 bits per heavy atom. The van der Waals surface area contributed by atoms with Crippen LogP contribution in [0.25, 0.3) is 44.2 Å². The minimum atomic E-state index is 1.24. The second kappa shape index (κ2) is 7.17. The second-order valence-electron chi connectivity index (χ2n) is 6.98. The molecule has 0 N–H and O–H groups in total. The van der Waals surface area contributed by atoms with Crippen molar-refractivity contribution >= 4 is 10.8 Å². The van der Waals surface area contributed by atoms with E-state index in [4.69, 9.17) is 0 Å². The van der Waals surface area contributed by atoms with Crippen LogP contribution in [0.1, 0.15) is 0 Å². The maximum atomic E-state index is 2.27. The highest BCUT2D eigenvalue weighted by atomic mass is 14.2. The van der Waals surface area contributed by atoms with E-state index in [1.165, 1.54) is 44.2 Å². The Bertz CT molecular complexity index is 1240. The van der Waals surface area contributed by atoms with Crippen molar-refractivity contribution in [3.63, 3.8) is 0 Å². The maximum Gasteiger partial charge on any atom is -0.00987 e. The quantitative estimate of drug-likeness (QED) is 0.309. The molecule has 0 unspecified atom stereocenters. The summed E-state index contributed by atoms with van der Waals surface area (Å²) in [4.78, 5) is 0. The SMILES string of the molecule is c1ccc(-c2ccccc2-c2ccc(-c3ccccc3)c3ccccc23)cc1. The average Bonchev–Trinajstić information content (AvgIpc) is 2.79. The third-order valence-electron chi connectivity index (χ3n) is 5.31. The van der Waals surface area contributed by atoms with Crippen LogP contribution in [-0.4, -0.2) is 0 Å². The van der Waals surface area contributed by atoms with Crippen molar-refractivity contribution in [2.45, 2.75) is 0 Å². The molecule has 28 heavy (non-hydrogen) atoms. The summed E-state index contributed by atoms with van der Waals surface area (Å²) in [6.45, 7) is 0. The van der Waals surface area contributed by atoms with Crippen molar-refractivity contribution in [1.29, 1.82) is 0 Å². The Morgan fingerprint density at radius 1 is 0.250 bits per heavy atom. The van der Waals surface area contributed by atoms with Crippen molar-refractivity contribution in [3.8, 4) is 33.4 Å². The number of rotatable bonds is 3. The highest BCUT2D eigenvalue weighted by Gasteiger charge is 2.12. The largest absolute Gasteiger partial charge is 0.0622 e. The van der Waals surface area contributed by atoms with E-state index >= 15 is 0 Å². The van der Waals surface area contributed by atoms with Gasteiger partial charge in [0.25, 0.3) is 0 Å². The standard InChI is InChI=1S/C28H20/c1-3-11-21(12-4-1)23-15-7-8-16-25(23)28-20-19-24(22-13-5-2-6-14-22)26-17-9-10-18-27(26)28/h1-20H. The summed E-state index contributed by atoms with van der Waals surface area (Å²) < 4.78 is 0. The van der Waals surface area contributed by atoms with Crippen LogP contribution >= 0.6 is 0 Å². The van der Waals surface area contributed by atoms with Crippen LogP contribution in [0, 0.1) is 0 Å². The lowest BCUT2D eigenvalue weighted by Crippen LogP contribution is -1.89. The maximum absolute atomic E-state index is 2.27. The van der Waals surface area contributed by atoms with Crippen LogP contribution in [0.3, 0.4) is 0 Å². The molecule has 0 fully saturated rings. The minimum absolute atomic E-state index is 1.24. The van der Waals surface area contributed by atoms with Crippen molar-refractivity contribution in [3.05, 3.63) is 121 Å². The molecule has 0 spiro atoms. The first-order valence-electron chi connectivity index (χ1n) is 9.64. The Morgan fingerprint density at radius 2 is 0.679 bits per heavy atom. The van der Waals surface area contributed by atoms with E-state index in [-0.39, 0.29) is 0 Å². The first-order chi connectivity index (χ1) is 13.9. The monoisotopic (exact) mass is 356 g/mol. The van der Waals surface area contributed by atoms with E-state index in [0.29, 0.717) is 0 Å². The highest BCUT2D eigenvalue weighted by molar-refractivity contribution is 6.06. The summed E-state index contributed by atoms with van der Waals surface area (Å²) in [7, 11) is 0. The Labute approximate surface area is 165 Å². The summed E-state index contributed by atoms with van der Waals surface area (Å²) in [5, 5.41) is 2.57. The smallest absolute Gasteiger partial charge is 0.00987 e. The molecule has 0 saturated heterocycles. The fraction of sp³-hybridized carbons (Fsp3) is 0. The van der Waals surface area contributed by atoms with Gasteiger partial charge in [0.2, 0.25) is 0 Å². The molecule has 0 aromatic heterocycles. The van der Waals surface area contributed by atoms with Crippen LogP contribution in [0.2, 0.25) is 0 Å². The zero-order chi connectivity index (χ0) is 18.8. The topological polar surface area (TPSA) is 0 Å². The van der Waals surface area contributed by atoms with E-state index in [2.05, 4.69) is 121 Å². The predicted octanol–water partition coefficient (Wildman–Crippen LogP) is 7.84. The van der Waals surface area contributed by atoms with E-state index in [0.717, 1.165) is 0 Å². The van der Waals surface area contributed by atoms with Crippen LogP contribution in [0.15, 0.2) is 121 Å². The molecule has 0 nitrogen and oxygen atoms in total. The van der Waals surface area contributed by atoms with Gasteiger partial charge in [-0.3, -0.25) is 0 Å². The first-order valence-corrected chi connectivity index (χ1v) is 9.64. The van der Waals surface area contributed by atoms with Crippen molar-refractivity contribution in [2.75, 3.05) is 0 Å². The lowest BCUT2D eigenvalue weighted by Gasteiger charge is -2.15. The predicted molar refractivity (Wildman–Crippen MR) is 120 cm³/mol. The van der Waals surface area contributed by atoms with Gasteiger partial charge in [0.15, 0.2) is 0 Å². The molecule has 0 heteroatoms. The fourth-order valence-corrected chi connectivity index (χ4v) is 3.99. The Hall–Kier alpha value is -3.64. The van der Waals surface area contributed by atoms with Gasteiger partial charge < -0.3 is 0 Å². The summed E-state index contributed by atoms with van der Waals surface area (Å²) in [5.74, 6) is 0. The number of fused-ring (bicyclic) bond motifs is 1. The molecule has 0 atom stereocenters. The Balaban J connectivity index is 1.77.